The first-order valence-electron chi connectivity index (χ1n) is 6.62. The van der Waals surface area contributed by atoms with Gasteiger partial charge in [-0.3, -0.25) is 0 Å². The Morgan fingerprint density at radius 2 is 2.00 bits per heavy atom. The molecule has 1 saturated carbocycles. The lowest BCUT2D eigenvalue weighted by molar-refractivity contribution is 0.0904. The highest BCUT2D eigenvalue weighted by atomic mass is 16.5. The van der Waals surface area contributed by atoms with E-state index in [0.717, 1.165) is 37.6 Å². The second-order valence-electron chi connectivity index (χ2n) is 5.05. The summed E-state index contributed by atoms with van der Waals surface area (Å²) in [5.74, 6) is 1.38. The van der Waals surface area contributed by atoms with Crippen molar-refractivity contribution in [3.8, 4) is 6.07 Å². The highest BCUT2D eigenvalue weighted by Gasteiger charge is 2.26. The summed E-state index contributed by atoms with van der Waals surface area (Å²) in [6.07, 6.45) is 4.44. The van der Waals surface area contributed by atoms with Crippen LogP contribution in [0.1, 0.15) is 42.9 Å². The van der Waals surface area contributed by atoms with Gasteiger partial charge in [0.15, 0.2) is 0 Å². The molecule has 0 bridgehead atoms. The average Bonchev–Trinajstić information content (AvgIpc) is 3.24. The number of aromatic nitrogens is 1. The molecule has 1 aliphatic heterocycles. The molecule has 3 rings (SSSR count). The molecule has 4 nitrogen and oxygen atoms in total. The molecular weight excluding hydrogens is 226 g/mol. The number of hydrogen-bond acceptors (Lipinski definition) is 4. The highest BCUT2D eigenvalue weighted by Crippen LogP contribution is 2.39. The average molecular weight is 243 g/mol. The maximum Gasteiger partial charge on any atom is 0.144 e. The second kappa shape index (κ2) is 4.95. The van der Waals surface area contributed by atoms with Crippen molar-refractivity contribution in [3.05, 3.63) is 23.4 Å². The van der Waals surface area contributed by atoms with Crippen LogP contribution in [0.3, 0.4) is 0 Å². The molecule has 1 aliphatic carbocycles. The molecule has 4 heteroatoms. The summed E-state index contributed by atoms with van der Waals surface area (Å²) in [4.78, 5) is 4.63. The van der Waals surface area contributed by atoms with Gasteiger partial charge in [0.2, 0.25) is 0 Å². The van der Waals surface area contributed by atoms with Crippen LogP contribution in [-0.2, 0) is 4.74 Å². The Bertz CT molecular complexity index is 470. The fourth-order valence-electron chi connectivity index (χ4n) is 2.32. The van der Waals surface area contributed by atoms with Crippen LogP contribution in [0.15, 0.2) is 12.1 Å². The van der Waals surface area contributed by atoms with Gasteiger partial charge in [-0.25, -0.2) is 4.98 Å². The smallest absolute Gasteiger partial charge is 0.144 e. The molecule has 0 atom stereocenters. The third kappa shape index (κ3) is 2.46. The Labute approximate surface area is 107 Å². The van der Waals surface area contributed by atoms with Gasteiger partial charge in [-0.05, 0) is 37.8 Å². The van der Waals surface area contributed by atoms with E-state index in [9.17, 15) is 0 Å². The summed E-state index contributed by atoms with van der Waals surface area (Å²) in [6, 6.07) is 6.48. The summed E-state index contributed by atoms with van der Waals surface area (Å²) >= 11 is 0. The molecule has 0 unspecified atom stereocenters. The number of anilines is 1. The van der Waals surface area contributed by atoms with Crippen molar-refractivity contribution in [3.63, 3.8) is 0 Å². The quantitative estimate of drug-likeness (QED) is 0.885. The van der Waals surface area contributed by atoms with Gasteiger partial charge < -0.3 is 10.1 Å². The van der Waals surface area contributed by atoms with Gasteiger partial charge in [0.1, 0.15) is 11.9 Å². The molecule has 1 aromatic heterocycles. The first-order valence-corrected chi connectivity index (χ1v) is 6.62. The molecule has 94 valence electrons. The van der Waals surface area contributed by atoms with Gasteiger partial charge in [-0.2, -0.15) is 5.26 Å². The fraction of sp³-hybridized carbons (Fsp3) is 0.571. The molecule has 1 N–H and O–H groups in total. The van der Waals surface area contributed by atoms with Crippen LogP contribution in [0.4, 0.5) is 5.82 Å². The molecule has 1 saturated heterocycles. The molecule has 0 spiro atoms. The van der Waals surface area contributed by atoms with Crippen LogP contribution in [0.2, 0.25) is 0 Å². The lowest BCUT2D eigenvalue weighted by atomic mass is 10.1. The van der Waals surface area contributed by atoms with Crippen LogP contribution in [0.5, 0.6) is 0 Å². The van der Waals surface area contributed by atoms with Crippen LogP contribution < -0.4 is 5.32 Å². The van der Waals surface area contributed by atoms with E-state index >= 15 is 0 Å². The minimum atomic E-state index is 0.382. The van der Waals surface area contributed by atoms with E-state index in [1.165, 1.54) is 12.8 Å². The van der Waals surface area contributed by atoms with Crippen LogP contribution >= 0.6 is 0 Å². The standard InChI is InChI=1S/C14H17N3O/c15-9-11-3-4-13(10-1-2-10)17-14(11)16-12-5-7-18-8-6-12/h3-4,10,12H,1-2,5-8H2,(H,16,17). The van der Waals surface area contributed by atoms with Gasteiger partial charge in [0.25, 0.3) is 0 Å². The monoisotopic (exact) mass is 243 g/mol. The van der Waals surface area contributed by atoms with Gasteiger partial charge in [0.05, 0.1) is 5.56 Å². The minimum Gasteiger partial charge on any atom is -0.381 e. The lowest BCUT2D eigenvalue weighted by Gasteiger charge is -2.24. The van der Waals surface area contributed by atoms with Gasteiger partial charge in [-0.15, -0.1) is 0 Å². The number of rotatable bonds is 3. The van der Waals surface area contributed by atoms with E-state index in [2.05, 4.69) is 16.4 Å². The van der Waals surface area contributed by atoms with Crippen LogP contribution in [0, 0.1) is 11.3 Å². The molecule has 2 heterocycles. The Morgan fingerprint density at radius 3 is 2.67 bits per heavy atom. The first-order chi connectivity index (χ1) is 8.86. The van der Waals surface area contributed by atoms with Crippen molar-refractivity contribution in [2.24, 2.45) is 0 Å². The zero-order chi connectivity index (χ0) is 12.4. The first kappa shape index (κ1) is 11.5. The zero-order valence-corrected chi connectivity index (χ0v) is 10.4. The number of ether oxygens (including phenoxy) is 1. The summed E-state index contributed by atoms with van der Waals surface area (Å²) < 4.78 is 5.34. The molecular formula is C14H17N3O. The Balaban J connectivity index is 1.79. The highest BCUT2D eigenvalue weighted by molar-refractivity contribution is 5.53. The molecule has 2 aliphatic rings. The number of nitrogens with one attached hydrogen (secondary N) is 1. The van der Waals surface area contributed by atoms with Gasteiger partial charge >= 0.3 is 0 Å². The fourth-order valence-corrected chi connectivity index (χ4v) is 2.32. The van der Waals surface area contributed by atoms with Crippen LogP contribution in [-0.4, -0.2) is 24.2 Å². The summed E-state index contributed by atoms with van der Waals surface area (Å²) in [5.41, 5.74) is 1.77. The summed E-state index contributed by atoms with van der Waals surface area (Å²) in [5, 5.41) is 12.5. The largest absolute Gasteiger partial charge is 0.381 e. The predicted octanol–water partition coefficient (Wildman–Crippen LogP) is 2.42. The summed E-state index contributed by atoms with van der Waals surface area (Å²) in [6.45, 7) is 1.59. The minimum absolute atomic E-state index is 0.382. The van der Waals surface area contributed by atoms with Crippen LogP contribution in [0.25, 0.3) is 0 Å². The van der Waals surface area contributed by atoms with Gasteiger partial charge in [0, 0.05) is 30.9 Å². The van der Waals surface area contributed by atoms with Crippen molar-refractivity contribution < 1.29 is 4.74 Å². The molecule has 0 aromatic carbocycles. The Hall–Kier alpha value is -1.60. The lowest BCUT2D eigenvalue weighted by Crippen LogP contribution is -2.28. The normalized spacial score (nSPS) is 20.4. The maximum absolute atomic E-state index is 9.14. The van der Waals surface area contributed by atoms with E-state index in [4.69, 9.17) is 10.00 Å². The molecule has 18 heavy (non-hydrogen) atoms. The van der Waals surface area contributed by atoms with Crippen molar-refractivity contribution in [2.45, 2.75) is 37.6 Å². The van der Waals surface area contributed by atoms with E-state index < -0.39 is 0 Å². The van der Waals surface area contributed by atoms with Crippen molar-refractivity contribution in [1.82, 2.24) is 4.98 Å². The van der Waals surface area contributed by atoms with E-state index in [0.29, 0.717) is 17.5 Å². The SMILES string of the molecule is N#Cc1ccc(C2CC2)nc1NC1CCOCC1. The third-order valence-corrected chi connectivity index (χ3v) is 3.60. The van der Waals surface area contributed by atoms with Gasteiger partial charge in [-0.1, -0.05) is 0 Å². The van der Waals surface area contributed by atoms with E-state index in [-0.39, 0.29) is 0 Å². The van der Waals surface area contributed by atoms with E-state index in [1.807, 2.05) is 12.1 Å². The number of pyridine rings is 1. The zero-order valence-electron chi connectivity index (χ0n) is 10.4. The third-order valence-electron chi connectivity index (χ3n) is 3.60. The number of nitrogens with zero attached hydrogens (tertiary/aromatic N) is 2. The van der Waals surface area contributed by atoms with Crippen molar-refractivity contribution in [2.75, 3.05) is 18.5 Å². The Morgan fingerprint density at radius 1 is 1.22 bits per heavy atom. The number of hydrogen-bond donors (Lipinski definition) is 1. The van der Waals surface area contributed by atoms with E-state index in [1.54, 1.807) is 0 Å². The molecule has 2 fully saturated rings. The summed E-state index contributed by atoms with van der Waals surface area (Å²) in [7, 11) is 0. The van der Waals surface area contributed by atoms with Crippen molar-refractivity contribution in [1.29, 1.82) is 5.26 Å². The topological polar surface area (TPSA) is 57.9 Å². The maximum atomic E-state index is 9.14. The van der Waals surface area contributed by atoms with Crippen molar-refractivity contribution >= 4 is 5.82 Å². The number of nitriles is 1. The Kier molecular flexibility index (Phi) is 3.16. The predicted molar refractivity (Wildman–Crippen MR) is 68.4 cm³/mol. The molecule has 0 amide bonds. The second-order valence-corrected chi connectivity index (χ2v) is 5.05. The molecule has 1 aromatic rings. The molecule has 0 radical (unpaired) electrons.